The molecule has 5 heteroatoms. The van der Waals surface area contributed by atoms with Gasteiger partial charge < -0.3 is 15.1 Å². The molecule has 1 saturated carbocycles. The number of benzene rings is 1. The molecule has 1 aromatic carbocycles. The minimum Gasteiger partial charge on any atom is -0.338 e. The summed E-state index contributed by atoms with van der Waals surface area (Å²) in [6.45, 7) is 4.80. The molecule has 2 aliphatic heterocycles. The van der Waals surface area contributed by atoms with Crippen molar-refractivity contribution in [3.63, 3.8) is 0 Å². The predicted octanol–water partition coefficient (Wildman–Crippen LogP) is 1.76. The lowest BCUT2D eigenvalue weighted by molar-refractivity contribution is -0.131. The molecular weight excluding hydrogens is 290 g/mol. The van der Waals surface area contributed by atoms with Crippen molar-refractivity contribution in [2.45, 2.75) is 32.4 Å². The Morgan fingerprint density at radius 3 is 2.78 bits per heavy atom. The fraction of sp³-hybridized carbons (Fsp3) is 0.556. The normalized spacial score (nSPS) is 26.6. The molecule has 122 valence electrons. The molecule has 2 heterocycles. The van der Waals surface area contributed by atoms with Crippen LogP contribution in [0.25, 0.3) is 0 Å². The van der Waals surface area contributed by atoms with Crippen LogP contribution in [0, 0.1) is 18.8 Å². The number of nitrogens with zero attached hydrogens (tertiary/aromatic N) is 2. The first kappa shape index (κ1) is 14.5. The second kappa shape index (κ2) is 5.55. The van der Waals surface area contributed by atoms with Crippen LogP contribution >= 0.6 is 0 Å². The summed E-state index contributed by atoms with van der Waals surface area (Å²) >= 11 is 0. The van der Waals surface area contributed by atoms with Crippen LogP contribution in [-0.2, 0) is 11.3 Å². The maximum Gasteiger partial charge on any atom is 0.317 e. The van der Waals surface area contributed by atoms with E-state index in [0.29, 0.717) is 25.7 Å². The van der Waals surface area contributed by atoms with E-state index in [1.54, 1.807) is 0 Å². The first-order chi connectivity index (χ1) is 11.1. The van der Waals surface area contributed by atoms with Crippen LogP contribution in [0.2, 0.25) is 0 Å². The van der Waals surface area contributed by atoms with Crippen molar-refractivity contribution in [3.05, 3.63) is 35.4 Å². The Balaban J connectivity index is 1.37. The molecule has 23 heavy (non-hydrogen) atoms. The van der Waals surface area contributed by atoms with Gasteiger partial charge in [0.1, 0.15) is 0 Å². The molecule has 1 aromatic rings. The second-order valence-electron chi connectivity index (χ2n) is 7.20. The third-order valence-corrected chi connectivity index (χ3v) is 5.17. The number of urea groups is 1. The summed E-state index contributed by atoms with van der Waals surface area (Å²) in [5, 5.41) is 3.02. The van der Waals surface area contributed by atoms with Gasteiger partial charge in [-0.1, -0.05) is 29.8 Å². The quantitative estimate of drug-likeness (QED) is 0.924. The van der Waals surface area contributed by atoms with Gasteiger partial charge in [-0.05, 0) is 25.3 Å². The summed E-state index contributed by atoms with van der Waals surface area (Å²) in [4.78, 5) is 28.6. The Kier molecular flexibility index (Phi) is 3.51. The predicted molar refractivity (Wildman–Crippen MR) is 86.7 cm³/mol. The van der Waals surface area contributed by atoms with Gasteiger partial charge in [-0.15, -0.1) is 0 Å². The van der Waals surface area contributed by atoms with E-state index in [-0.39, 0.29) is 23.8 Å². The highest BCUT2D eigenvalue weighted by atomic mass is 16.2. The van der Waals surface area contributed by atoms with Crippen LogP contribution in [0.15, 0.2) is 24.3 Å². The Labute approximate surface area is 136 Å². The van der Waals surface area contributed by atoms with Gasteiger partial charge in [-0.25, -0.2) is 4.79 Å². The van der Waals surface area contributed by atoms with Gasteiger partial charge in [0, 0.05) is 38.1 Å². The average Bonchev–Trinajstić information content (AvgIpc) is 3.15. The zero-order chi connectivity index (χ0) is 16.0. The number of hydrogen-bond acceptors (Lipinski definition) is 2. The van der Waals surface area contributed by atoms with E-state index in [9.17, 15) is 9.59 Å². The van der Waals surface area contributed by atoms with E-state index in [1.807, 2.05) is 15.9 Å². The van der Waals surface area contributed by atoms with E-state index in [0.717, 1.165) is 19.4 Å². The molecule has 0 aromatic heterocycles. The topological polar surface area (TPSA) is 52.6 Å². The fourth-order valence-corrected chi connectivity index (χ4v) is 3.78. The molecule has 0 unspecified atom stereocenters. The molecule has 4 rings (SSSR count). The lowest BCUT2D eigenvalue weighted by Gasteiger charge is -2.22. The van der Waals surface area contributed by atoms with E-state index in [2.05, 4.69) is 30.4 Å². The van der Waals surface area contributed by atoms with Crippen LogP contribution in [-0.4, -0.2) is 47.4 Å². The Hall–Kier alpha value is -2.04. The summed E-state index contributed by atoms with van der Waals surface area (Å²) in [5.74, 6) is 0.486. The molecule has 3 aliphatic rings. The van der Waals surface area contributed by atoms with Crippen LogP contribution < -0.4 is 5.32 Å². The van der Waals surface area contributed by atoms with Crippen molar-refractivity contribution >= 4 is 11.9 Å². The maximum absolute atomic E-state index is 12.6. The molecule has 2 atom stereocenters. The smallest absolute Gasteiger partial charge is 0.317 e. The van der Waals surface area contributed by atoms with Crippen LogP contribution in [0.3, 0.4) is 0 Å². The summed E-state index contributed by atoms with van der Waals surface area (Å²) in [5.41, 5.74) is 2.40. The Morgan fingerprint density at radius 1 is 1.26 bits per heavy atom. The van der Waals surface area contributed by atoms with E-state index < -0.39 is 0 Å². The van der Waals surface area contributed by atoms with E-state index in [4.69, 9.17) is 0 Å². The van der Waals surface area contributed by atoms with E-state index in [1.165, 1.54) is 11.1 Å². The molecule has 0 bridgehead atoms. The molecule has 2 saturated heterocycles. The van der Waals surface area contributed by atoms with Crippen molar-refractivity contribution in [2.75, 3.05) is 19.6 Å². The SMILES string of the molecule is Cc1cccc(CN2C[C@H]3CN(C(=O)NC4CC4)C[C@H]3C2=O)c1. The molecular formula is C18H23N3O2. The lowest BCUT2D eigenvalue weighted by Crippen LogP contribution is -2.42. The number of carbonyl (C=O) groups excluding carboxylic acids is 2. The molecule has 3 amide bonds. The van der Waals surface area contributed by atoms with Gasteiger partial charge in [0.25, 0.3) is 0 Å². The maximum atomic E-state index is 12.6. The minimum atomic E-state index is -0.00948. The van der Waals surface area contributed by atoms with Crippen molar-refractivity contribution in [1.82, 2.24) is 15.1 Å². The van der Waals surface area contributed by atoms with Gasteiger partial charge in [0.2, 0.25) is 5.91 Å². The van der Waals surface area contributed by atoms with Crippen LogP contribution in [0.1, 0.15) is 24.0 Å². The number of carbonyl (C=O) groups is 2. The van der Waals surface area contributed by atoms with Gasteiger partial charge >= 0.3 is 6.03 Å². The van der Waals surface area contributed by atoms with Gasteiger partial charge in [0.05, 0.1) is 5.92 Å². The summed E-state index contributed by atoms with van der Waals surface area (Å²) < 4.78 is 0. The third-order valence-electron chi connectivity index (χ3n) is 5.17. The standard InChI is InChI=1S/C18H23N3O2/c1-12-3-2-4-13(7-12)8-20-9-14-10-21(11-16(14)17(20)22)18(23)19-15-5-6-15/h2-4,7,14-16H,5-6,8-11H2,1H3,(H,19,23)/t14-,16+/m0/s1. The van der Waals surface area contributed by atoms with Crippen molar-refractivity contribution in [2.24, 2.45) is 11.8 Å². The summed E-state index contributed by atoms with van der Waals surface area (Å²) in [6.07, 6.45) is 2.19. The Bertz CT molecular complexity index is 641. The molecule has 5 nitrogen and oxygen atoms in total. The third kappa shape index (κ3) is 2.92. The number of amides is 3. The molecule has 1 aliphatic carbocycles. The highest BCUT2D eigenvalue weighted by molar-refractivity contribution is 5.84. The molecule has 1 N–H and O–H groups in total. The largest absolute Gasteiger partial charge is 0.338 e. The summed E-state index contributed by atoms with van der Waals surface area (Å²) in [7, 11) is 0. The molecule has 0 spiro atoms. The first-order valence-electron chi connectivity index (χ1n) is 8.50. The van der Waals surface area contributed by atoms with Crippen molar-refractivity contribution in [3.8, 4) is 0 Å². The molecule has 0 radical (unpaired) electrons. The lowest BCUT2D eigenvalue weighted by atomic mass is 10.0. The van der Waals surface area contributed by atoms with Gasteiger partial charge in [-0.2, -0.15) is 0 Å². The number of likely N-dealkylation sites (tertiary alicyclic amines) is 2. The first-order valence-corrected chi connectivity index (χ1v) is 8.50. The zero-order valence-corrected chi connectivity index (χ0v) is 13.5. The second-order valence-corrected chi connectivity index (χ2v) is 7.20. The number of rotatable bonds is 3. The van der Waals surface area contributed by atoms with Crippen LogP contribution in [0.4, 0.5) is 4.79 Å². The van der Waals surface area contributed by atoms with E-state index >= 15 is 0 Å². The average molecular weight is 313 g/mol. The number of hydrogen-bond donors (Lipinski definition) is 1. The highest BCUT2D eigenvalue weighted by Crippen LogP contribution is 2.33. The van der Waals surface area contributed by atoms with Crippen molar-refractivity contribution < 1.29 is 9.59 Å². The van der Waals surface area contributed by atoms with Crippen molar-refractivity contribution in [1.29, 1.82) is 0 Å². The van der Waals surface area contributed by atoms with Crippen LogP contribution in [0.5, 0.6) is 0 Å². The van der Waals surface area contributed by atoms with Gasteiger partial charge in [-0.3, -0.25) is 4.79 Å². The number of fused-ring (bicyclic) bond motifs is 1. The number of nitrogens with one attached hydrogen (secondary N) is 1. The van der Waals surface area contributed by atoms with Gasteiger partial charge in [0.15, 0.2) is 0 Å². The minimum absolute atomic E-state index is 0.00948. The Morgan fingerprint density at radius 2 is 2.09 bits per heavy atom. The molecule has 3 fully saturated rings. The fourth-order valence-electron chi connectivity index (χ4n) is 3.78. The number of aryl methyl sites for hydroxylation is 1. The monoisotopic (exact) mass is 313 g/mol. The summed E-state index contributed by atoms with van der Waals surface area (Å²) in [6, 6.07) is 8.70. The zero-order valence-electron chi connectivity index (χ0n) is 13.5. The highest BCUT2D eigenvalue weighted by Gasteiger charge is 2.47.